The van der Waals surface area contributed by atoms with Gasteiger partial charge in [-0.2, -0.15) is 4.98 Å². The van der Waals surface area contributed by atoms with Gasteiger partial charge in [0.25, 0.3) is 6.41 Å². The molecule has 6 rings (SSSR count). The molecule has 0 aromatic carbocycles. The van der Waals surface area contributed by atoms with Gasteiger partial charge in [-0.05, 0) is 57.3 Å². The highest BCUT2D eigenvalue weighted by Crippen LogP contribution is 2.36. The number of amidine groups is 1. The molecule has 2 aliphatic carbocycles. The van der Waals surface area contributed by atoms with Crippen LogP contribution in [0.25, 0.3) is 11.2 Å². The summed E-state index contributed by atoms with van der Waals surface area (Å²) in [5.41, 5.74) is 4.16. The molecule has 12 heteroatoms. The number of aromatic nitrogens is 4. The highest BCUT2D eigenvalue weighted by Gasteiger charge is 2.33. The molecule has 2 aromatic heterocycles. The summed E-state index contributed by atoms with van der Waals surface area (Å²) in [6.45, 7) is 11.3. The van der Waals surface area contributed by atoms with E-state index in [0.717, 1.165) is 29.7 Å². The Balaban J connectivity index is 1.44. The fraction of sp³-hybridized carbons (Fsp3) is 0.750. The minimum Gasteiger partial charge on any atom is -0.365 e. The fourth-order valence-electron chi connectivity index (χ4n) is 6.58. The molecule has 2 aromatic rings. The van der Waals surface area contributed by atoms with Crippen molar-refractivity contribution in [1.29, 1.82) is 0 Å². The Kier molecular flexibility index (Phi) is 7.56. The van der Waals surface area contributed by atoms with Crippen molar-refractivity contribution in [2.24, 2.45) is 22.7 Å². The third-order valence-electron chi connectivity index (χ3n) is 9.42. The van der Waals surface area contributed by atoms with Crippen molar-refractivity contribution in [1.82, 2.24) is 29.9 Å². The third-order valence-corrected chi connectivity index (χ3v) is 9.42. The van der Waals surface area contributed by atoms with Crippen LogP contribution in [0.3, 0.4) is 0 Å². The molecule has 4 aliphatic rings. The van der Waals surface area contributed by atoms with Crippen molar-refractivity contribution < 1.29 is 14.7 Å². The van der Waals surface area contributed by atoms with Crippen LogP contribution in [0.1, 0.15) is 78.5 Å². The predicted octanol–water partition coefficient (Wildman–Crippen LogP) is 2.87. The van der Waals surface area contributed by atoms with Gasteiger partial charge in [0, 0.05) is 45.2 Å². The number of anilines is 2. The number of carbonyl (C=O) groups is 1. The number of nitrogens with zero attached hydrogens (tertiary/aromatic N) is 7. The largest absolute Gasteiger partial charge is 0.365 e. The summed E-state index contributed by atoms with van der Waals surface area (Å²) in [6, 6.07) is 0.363. The van der Waals surface area contributed by atoms with E-state index in [-0.39, 0.29) is 23.8 Å². The molecule has 0 spiro atoms. The molecule has 1 saturated heterocycles. The van der Waals surface area contributed by atoms with Gasteiger partial charge in [0.05, 0.1) is 0 Å². The summed E-state index contributed by atoms with van der Waals surface area (Å²) in [6.07, 6.45) is 7.30. The van der Waals surface area contributed by atoms with Crippen molar-refractivity contribution in [2.75, 3.05) is 29.9 Å². The van der Waals surface area contributed by atoms with Crippen LogP contribution in [0, 0.1) is 17.8 Å². The summed E-state index contributed by atoms with van der Waals surface area (Å²) < 4.78 is 2.34. The lowest BCUT2D eigenvalue weighted by atomic mass is 9.80. The number of piperazine rings is 1. The standard InChI is InChI=1S/C28H43N9O3/c1-16-8-10-20(11-9-16)15-37-22-23(29-18(3)21-6-5-7-21)30-25(26-33-28(39)40-34-26)31-24(22)32-27(37)36-13-12-35(19(4)38)14-17(36)2/h16-18,20-21,28,39H,5-15H2,1-4H3,(H,33,34)(H,29,30,31)/t16?,17-,18-,20?,28?/m1/s1. The summed E-state index contributed by atoms with van der Waals surface area (Å²) >= 11 is 0. The molecule has 218 valence electrons. The van der Waals surface area contributed by atoms with Crippen LogP contribution < -0.4 is 15.7 Å². The molecule has 0 radical (unpaired) electrons. The Morgan fingerprint density at radius 1 is 1.12 bits per heavy atom. The normalized spacial score (nSPS) is 28.3. The van der Waals surface area contributed by atoms with E-state index in [1.165, 1.54) is 44.9 Å². The number of amides is 1. The quantitative estimate of drug-likeness (QED) is 0.473. The Labute approximate surface area is 235 Å². The summed E-state index contributed by atoms with van der Waals surface area (Å²) in [5.74, 6) is 4.30. The number of hydrogen-bond acceptors (Lipinski definition) is 10. The Morgan fingerprint density at radius 3 is 2.52 bits per heavy atom. The van der Waals surface area contributed by atoms with Crippen LogP contribution in [0.15, 0.2) is 4.99 Å². The van der Waals surface area contributed by atoms with E-state index < -0.39 is 6.41 Å². The Bertz CT molecular complexity index is 1270. The Hall–Kier alpha value is -2.99. The first-order valence-electron chi connectivity index (χ1n) is 15.0. The maximum atomic E-state index is 12.1. The number of hydrogen-bond donors (Lipinski definition) is 3. The molecule has 40 heavy (non-hydrogen) atoms. The van der Waals surface area contributed by atoms with Gasteiger partial charge in [0.1, 0.15) is 5.52 Å². The Morgan fingerprint density at radius 2 is 1.90 bits per heavy atom. The minimum atomic E-state index is -1.29. The van der Waals surface area contributed by atoms with E-state index in [9.17, 15) is 9.90 Å². The number of aliphatic imine (C=N–C) groups is 1. The highest BCUT2D eigenvalue weighted by molar-refractivity contribution is 5.98. The minimum absolute atomic E-state index is 0.109. The van der Waals surface area contributed by atoms with Gasteiger partial charge < -0.3 is 24.8 Å². The maximum absolute atomic E-state index is 12.1. The SMILES string of the molecule is CC(=O)N1CCN(c2nc3nc(C4=NC(O)ON4)nc(N[C@H](C)C4CCC4)c3n2CC2CCC(C)CC2)[C@H](C)C1. The van der Waals surface area contributed by atoms with Crippen LogP contribution in [0.4, 0.5) is 11.8 Å². The van der Waals surface area contributed by atoms with Gasteiger partial charge in [-0.15, -0.1) is 0 Å². The van der Waals surface area contributed by atoms with Crippen LogP contribution in [0.5, 0.6) is 0 Å². The number of aliphatic hydroxyl groups is 1. The summed E-state index contributed by atoms with van der Waals surface area (Å²) in [7, 11) is 0. The number of nitrogens with one attached hydrogen (secondary N) is 2. The second-order valence-electron chi connectivity index (χ2n) is 12.4. The van der Waals surface area contributed by atoms with E-state index in [2.05, 4.69) is 46.0 Å². The molecule has 12 nitrogen and oxygen atoms in total. The van der Waals surface area contributed by atoms with Gasteiger partial charge in [-0.1, -0.05) is 26.2 Å². The zero-order valence-electron chi connectivity index (χ0n) is 24.1. The number of hydroxylamine groups is 1. The molecule has 1 unspecified atom stereocenters. The summed E-state index contributed by atoms with van der Waals surface area (Å²) in [5, 5.41) is 13.5. The zero-order valence-corrected chi connectivity index (χ0v) is 24.1. The molecule has 4 heterocycles. The molecule has 3 fully saturated rings. The van der Waals surface area contributed by atoms with Crippen LogP contribution in [-0.2, 0) is 16.2 Å². The van der Waals surface area contributed by atoms with Crippen molar-refractivity contribution in [3.05, 3.63) is 5.82 Å². The van der Waals surface area contributed by atoms with Gasteiger partial charge in [0.15, 0.2) is 17.3 Å². The molecule has 2 aliphatic heterocycles. The van der Waals surface area contributed by atoms with Gasteiger partial charge in [-0.25, -0.2) is 25.3 Å². The molecule has 3 N–H and O–H groups in total. The topological polar surface area (TPSA) is 133 Å². The van der Waals surface area contributed by atoms with E-state index in [1.807, 2.05) is 4.90 Å². The lowest BCUT2D eigenvalue weighted by Gasteiger charge is -2.40. The highest BCUT2D eigenvalue weighted by atomic mass is 16.7. The number of fused-ring (bicyclic) bond motifs is 1. The predicted molar refractivity (Wildman–Crippen MR) is 153 cm³/mol. The van der Waals surface area contributed by atoms with E-state index >= 15 is 0 Å². The van der Waals surface area contributed by atoms with Crippen molar-refractivity contribution in [2.45, 2.75) is 97.7 Å². The summed E-state index contributed by atoms with van der Waals surface area (Å²) in [4.78, 5) is 40.4. The fourth-order valence-corrected chi connectivity index (χ4v) is 6.58. The number of aliphatic hydroxyl groups excluding tert-OH is 1. The van der Waals surface area contributed by atoms with Crippen molar-refractivity contribution >= 4 is 34.7 Å². The second kappa shape index (κ2) is 11.1. The van der Waals surface area contributed by atoms with E-state index in [0.29, 0.717) is 42.9 Å². The number of carbonyl (C=O) groups excluding carboxylic acids is 1. The first-order valence-corrected chi connectivity index (χ1v) is 15.0. The molecule has 2 saturated carbocycles. The smallest absolute Gasteiger partial charge is 0.280 e. The van der Waals surface area contributed by atoms with Crippen LogP contribution in [-0.4, -0.2) is 79.4 Å². The van der Waals surface area contributed by atoms with E-state index in [1.54, 1.807) is 6.92 Å². The molecule has 3 atom stereocenters. The average Bonchev–Trinajstić information content (AvgIpc) is 3.48. The zero-order chi connectivity index (χ0) is 28.0. The maximum Gasteiger partial charge on any atom is 0.280 e. The van der Waals surface area contributed by atoms with Crippen LogP contribution >= 0.6 is 0 Å². The lowest BCUT2D eigenvalue weighted by Crippen LogP contribution is -2.54. The monoisotopic (exact) mass is 553 g/mol. The molecular formula is C28H43N9O3. The lowest BCUT2D eigenvalue weighted by molar-refractivity contribution is -0.129. The average molecular weight is 554 g/mol. The number of imidazole rings is 1. The van der Waals surface area contributed by atoms with Crippen LogP contribution in [0.2, 0.25) is 0 Å². The van der Waals surface area contributed by atoms with Crippen molar-refractivity contribution in [3.8, 4) is 0 Å². The van der Waals surface area contributed by atoms with Gasteiger partial charge in [0.2, 0.25) is 17.7 Å². The van der Waals surface area contributed by atoms with Gasteiger partial charge >= 0.3 is 0 Å². The van der Waals surface area contributed by atoms with Gasteiger partial charge in [-0.3, -0.25) is 4.79 Å². The molecule has 0 bridgehead atoms. The van der Waals surface area contributed by atoms with E-state index in [4.69, 9.17) is 19.8 Å². The molecule has 1 amide bonds. The van der Waals surface area contributed by atoms with Crippen molar-refractivity contribution in [3.63, 3.8) is 0 Å². The number of rotatable bonds is 7. The molecular weight excluding hydrogens is 510 g/mol. The second-order valence-corrected chi connectivity index (χ2v) is 12.4. The first-order chi connectivity index (χ1) is 19.3. The third kappa shape index (κ3) is 5.35. The first kappa shape index (κ1) is 27.2.